The fraction of sp³-hybridized carbons (Fsp3) is 0.692. The monoisotopic (exact) mass is 363 g/mol. The number of hydrogen-bond acceptors (Lipinski definition) is 4. The molecule has 0 aliphatic heterocycles. The van der Waals surface area contributed by atoms with E-state index < -0.39 is 0 Å². The topological polar surface area (TPSA) is 47.0 Å². The molecule has 1 aromatic rings. The summed E-state index contributed by atoms with van der Waals surface area (Å²) in [5.74, 6) is 1.64. The number of anilines is 1. The molecule has 1 N–H and O–H groups in total. The molecule has 0 saturated heterocycles. The molecule has 0 aromatic carbocycles. The molecule has 0 radical (unpaired) electrons. The van der Waals surface area contributed by atoms with E-state index in [-0.39, 0.29) is 11.5 Å². The zero-order valence-corrected chi connectivity index (χ0v) is 13.9. The van der Waals surface area contributed by atoms with Crippen molar-refractivity contribution in [2.45, 2.75) is 40.7 Å². The third-order valence-corrected chi connectivity index (χ3v) is 3.25. The fourth-order valence-corrected chi connectivity index (χ4v) is 2.13. The van der Waals surface area contributed by atoms with Crippen LogP contribution in [0.2, 0.25) is 0 Å². The average Bonchev–Trinajstić information content (AvgIpc) is 2.28. The molecule has 0 spiro atoms. The van der Waals surface area contributed by atoms with Crippen molar-refractivity contribution in [2.24, 2.45) is 5.41 Å². The van der Waals surface area contributed by atoms with Crippen molar-refractivity contribution in [3.8, 4) is 0 Å². The molecule has 0 aliphatic rings. The normalized spacial score (nSPS) is 13.4. The van der Waals surface area contributed by atoms with Crippen LogP contribution in [0.1, 0.15) is 46.5 Å². The molecule has 0 aliphatic carbocycles. The van der Waals surface area contributed by atoms with Gasteiger partial charge in [-0.1, -0.05) is 20.8 Å². The SMILES string of the molecule is CCNc1nc(C(OCC)C(C)(C)C)ncc1I. The highest BCUT2D eigenvalue weighted by Crippen LogP contribution is 2.34. The highest BCUT2D eigenvalue weighted by Gasteiger charge is 2.29. The first-order chi connectivity index (χ1) is 8.40. The van der Waals surface area contributed by atoms with E-state index in [0.29, 0.717) is 6.61 Å². The number of halogens is 1. The highest BCUT2D eigenvalue weighted by atomic mass is 127. The van der Waals surface area contributed by atoms with Crippen LogP contribution in [0.15, 0.2) is 6.20 Å². The van der Waals surface area contributed by atoms with Crippen LogP contribution < -0.4 is 5.32 Å². The van der Waals surface area contributed by atoms with E-state index in [0.717, 1.165) is 21.8 Å². The van der Waals surface area contributed by atoms with Gasteiger partial charge in [0.2, 0.25) is 0 Å². The Labute approximate surface area is 123 Å². The minimum Gasteiger partial charge on any atom is -0.370 e. The predicted octanol–water partition coefficient (Wildman–Crippen LogP) is 3.64. The van der Waals surface area contributed by atoms with Crippen LogP contribution in [0.3, 0.4) is 0 Å². The lowest BCUT2D eigenvalue weighted by molar-refractivity contribution is -0.0190. The molecule has 4 nitrogen and oxygen atoms in total. The van der Waals surface area contributed by atoms with Gasteiger partial charge >= 0.3 is 0 Å². The molecule has 1 atom stereocenters. The number of ether oxygens (including phenoxy) is 1. The van der Waals surface area contributed by atoms with Crippen molar-refractivity contribution in [3.05, 3.63) is 15.6 Å². The van der Waals surface area contributed by atoms with Gasteiger partial charge in [0.15, 0.2) is 5.82 Å². The van der Waals surface area contributed by atoms with Crippen molar-refractivity contribution >= 4 is 28.4 Å². The molecular formula is C13H22IN3O. The zero-order chi connectivity index (χ0) is 13.8. The Bertz CT molecular complexity index is 390. The minimum absolute atomic E-state index is 0.0215. The second-order valence-corrected chi connectivity index (χ2v) is 6.32. The number of nitrogens with one attached hydrogen (secondary N) is 1. The fourth-order valence-electron chi connectivity index (χ4n) is 1.68. The summed E-state index contributed by atoms with van der Waals surface area (Å²) < 4.78 is 6.84. The summed E-state index contributed by atoms with van der Waals surface area (Å²) in [6, 6.07) is 0. The first-order valence-corrected chi connectivity index (χ1v) is 7.35. The lowest BCUT2D eigenvalue weighted by Crippen LogP contribution is -2.24. The molecule has 0 amide bonds. The van der Waals surface area contributed by atoms with Crippen LogP contribution in [0, 0.1) is 8.99 Å². The first-order valence-electron chi connectivity index (χ1n) is 6.28. The lowest BCUT2D eigenvalue weighted by atomic mass is 9.88. The van der Waals surface area contributed by atoms with Crippen LogP contribution >= 0.6 is 22.6 Å². The predicted molar refractivity (Wildman–Crippen MR) is 82.7 cm³/mol. The molecule has 1 rings (SSSR count). The van der Waals surface area contributed by atoms with Crippen LogP contribution in [-0.4, -0.2) is 23.1 Å². The summed E-state index contributed by atoms with van der Waals surface area (Å²) in [4.78, 5) is 9.02. The molecular weight excluding hydrogens is 341 g/mol. The Kier molecular flexibility index (Phi) is 5.78. The smallest absolute Gasteiger partial charge is 0.160 e. The van der Waals surface area contributed by atoms with Crippen molar-refractivity contribution in [2.75, 3.05) is 18.5 Å². The van der Waals surface area contributed by atoms with Gasteiger partial charge in [-0.25, -0.2) is 9.97 Å². The second kappa shape index (κ2) is 6.65. The third kappa shape index (κ3) is 4.05. The summed E-state index contributed by atoms with van der Waals surface area (Å²) in [6.45, 7) is 12.0. The molecule has 0 saturated carbocycles. The van der Waals surface area contributed by atoms with E-state index in [9.17, 15) is 0 Å². The summed E-state index contributed by atoms with van der Waals surface area (Å²) in [6.07, 6.45) is 1.76. The van der Waals surface area contributed by atoms with E-state index in [4.69, 9.17) is 4.74 Å². The van der Waals surface area contributed by atoms with Gasteiger partial charge in [0.05, 0.1) is 3.57 Å². The number of aromatic nitrogens is 2. The Morgan fingerprint density at radius 1 is 1.39 bits per heavy atom. The Morgan fingerprint density at radius 3 is 2.56 bits per heavy atom. The maximum absolute atomic E-state index is 5.81. The van der Waals surface area contributed by atoms with Crippen molar-refractivity contribution < 1.29 is 4.74 Å². The molecule has 0 fully saturated rings. The quantitative estimate of drug-likeness (QED) is 0.812. The maximum Gasteiger partial charge on any atom is 0.160 e. The van der Waals surface area contributed by atoms with Crippen molar-refractivity contribution in [3.63, 3.8) is 0 Å². The van der Waals surface area contributed by atoms with E-state index >= 15 is 0 Å². The number of hydrogen-bond donors (Lipinski definition) is 1. The maximum atomic E-state index is 5.81. The van der Waals surface area contributed by atoms with Gasteiger partial charge in [0.1, 0.15) is 11.9 Å². The van der Waals surface area contributed by atoms with Crippen LogP contribution in [0.4, 0.5) is 5.82 Å². The van der Waals surface area contributed by atoms with Gasteiger partial charge in [-0.05, 0) is 41.9 Å². The van der Waals surface area contributed by atoms with Crippen LogP contribution in [-0.2, 0) is 4.74 Å². The molecule has 102 valence electrons. The van der Waals surface area contributed by atoms with Gasteiger partial charge in [-0.2, -0.15) is 0 Å². The Hall–Kier alpha value is -0.430. The molecule has 18 heavy (non-hydrogen) atoms. The van der Waals surface area contributed by atoms with Crippen molar-refractivity contribution in [1.82, 2.24) is 9.97 Å². The molecule has 1 heterocycles. The highest BCUT2D eigenvalue weighted by molar-refractivity contribution is 14.1. The summed E-state index contributed by atoms with van der Waals surface area (Å²) in [5, 5.41) is 3.25. The zero-order valence-electron chi connectivity index (χ0n) is 11.7. The first kappa shape index (κ1) is 15.6. The van der Waals surface area contributed by atoms with E-state index in [1.807, 2.05) is 13.1 Å². The molecule has 5 heteroatoms. The standard InChI is InChI=1S/C13H22IN3O/c1-6-15-11-9(14)8-16-12(17-11)10(18-7-2)13(3,4)5/h8,10H,6-7H2,1-5H3,(H,15,16,17). The van der Waals surface area contributed by atoms with Gasteiger partial charge in [0, 0.05) is 19.3 Å². The van der Waals surface area contributed by atoms with Gasteiger partial charge in [0.25, 0.3) is 0 Å². The second-order valence-electron chi connectivity index (χ2n) is 5.16. The number of nitrogens with zero attached hydrogens (tertiary/aromatic N) is 2. The molecule has 1 aromatic heterocycles. The molecule has 0 bridgehead atoms. The minimum atomic E-state index is -0.0862. The molecule has 1 unspecified atom stereocenters. The van der Waals surface area contributed by atoms with Crippen LogP contribution in [0.25, 0.3) is 0 Å². The summed E-state index contributed by atoms with van der Waals surface area (Å²) in [5.41, 5.74) is -0.0215. The van der Waals surface area contributed by atoms with Gasteiger partial charge in [-0.15, -0.1) is 0 Å². The van der Waals surface area contributed by atoms with E-state index in [1.54, 1.807) is 0 Å². The van der Waals surface area contributed by atoms with Gasteiger partial charge in [-0.3, -0.25) is 0 Å². The van der Waals surface area contributed by atoms with Gasteiger partial charge < -0.3 is 10.1 Å². The third-order valence-electron chi connectivity index (χ3n) is 2.46. The van der Waals surface area contributed by atoms with E-state index in [1.165, 1.54) is 0 Å². The number of rotatable bonds is 5. The Balaban J connectivity index is 3.09. The average molecular weight is 363 g/mol. The largest absolute Gasteiger partial charge is 0.370 e. The summed E-state index contributed by atoms with van der Waals surface area (Å²) >= 11 is 2.24. The van der Waals surface area contributed by atoms with Crippen molar-refractivity contribution in [1.29, 1.82) is 0 Å². The lowest BCUT2D eigenvalue weighted by Gasteiger charge is -2.29. The van der Waals surface area contributed by atoms with Crippen LogP contribution in [0.5, 0.6) is 0 Å². The van der Waals surface area contributed by atoms with E-state index in [2.05, 4.69) is 65.6 Å². The Morgan fingerprint density at radius 2 is 2.06 bits per heavy atom. The summed E-state index contributed by atoms with van der Waals surface area (Å²) in [7, 11) is 0.